The first-order valence-electron chi connectivity index (χ1n) is 10.5. The summed E-state index contributed by atoms with van der Waals surface area (Å²) in [5.74, 6) is 0.753. The summed E-state index contributed by atoms with van der Waals surface area (Å²) in [4.78, 5) is 31.0. The molecular formula is C22H20F3N5O5. The standard InChI is InChI=1S/C22H20F3N5O5/c1-14-26-20(27-35-14)13-34-19-5-3-2-4-16(19)21(31)29-10-8-28(9-11-29)17-7-6-15(22(23,24)25)12-18(17)30(32)33/h2-7,12H,8-11,13H2,1H3. The van der Waals surface area contributed by atoms with E-state index >= 15 is 0 Å². The molecule has 0 bridgehead atoms. The minimum absolute atomic E-state index is 0.00694. The van der Waals surface area contributed by atoms with E-state index < -0.39 is 22.4 Å². The van der Waals surface area contributed by atoms with Gasteiger partial charge in [-0.25, -0.2) is 0 Å². The molecule has 1 aliphatic heterocycles. The van der Waals surface area contributed by atoms with Gasteiger partial charge in [-0.2, -0.15) is 18.2 Å². The van der Waals surface area contributed by atoms with Gasteiger partial charge < -0.3 is 19.1 Å². The van der Waals surface area contributed by atoms with Gasteiger partial charge in [-0.05, 0) is 24.3 Å². The molecule has 0 saturated carbocycles. The summed E-state index contributed by atoms with van der Waals surface area (Å²) >= 11 is 0. The molecule has 35 heavy (non-hydrogen) atoms. The Morgan fingerprint density at radius 2 is 1.89 bits per heavy atom. The minimum Gasteiger partial charge on any atom is -0.485 e. The SMILES string of the molecule is Cc1nc(COc2ccccc2C(=O)N2CCN(c3ccc(C(F)(F)F)cc3[N+](=O)[O-])CC2)no1. The second-order valence-electron chi connectivity index (χ2n) is 7.75. The predicted octanol–water partition coefficient (Wildman–Crippen LogP) is 3.85. The van der Waals surface area contributed by atoms with E-state index in [2.05, 4.69) is 10.1 Å². The Balaban J connectivity index is 1.45. The number of nitro groups is 1. The Labute approximate surface area is 197 Å². The van der Waals surface area contributed by atoms with Gasteiger partial charge in [0.1, 0.15) is 11.4 Å². The molecule has 0 aliphatic carbocycles. The maximum Gasteiger partial charge on any atom is 0.416 e. The van der Waals surface area contributed by atoms with Gasteiger partial charge in [-0.1, -0.05) is 17.3 Å². The quantitative estimate of drug-likeness (QED) is 0.377. The fourth-order valence-electron chi connectivity index (χ4n) is 3.75. The van der Waals surface area contributed by atoms with Crippen molar-refractivity contribution >= 4 is 17.3 Å². The van der Waals surface area contributed by atoms with E-state index in [0.717, 1.165) is 12.1 Å². The number of aromatic nitrogens is 2. The summed E-state index contributed by atoms with van der Waals surface area (Å²) in [5, 5.41) is 15.2. The fourth-order valence-corrected chi connectivity index (χ4v) is 3.75. The summed E-state index contributed by atoms with van der Waals surface area (Å²) in [7, 11) is 0. The number of anilines is 1. The van der Waals surface area contributed by atoms with Crippen LogP contribution in [0.4, 0.5) is 24.5 Å². The third kappa shape index (κ3) is 5.34. The maximum absolute atomic E-state index is 13.2. The van der Waals surface area contributed by atoms with Gasteiger partial charge in [-0.3, -0.25) is 14.9 Å². The number of piperazine rings is 1. The van der Waals surface area contributed by atoms with Crippen molar-refractivity contribution in [3.63, 3.8) is 0 Å². The van der Waals surface area contributed by atoms with Crippen LogP contribution < -0.4 is 9.64 Å². The van der Waals surface area contributed by atoms with Crippen LogP contribution in [0.5, 0.6) is 5.75 Å². The third-order valence-electron chi connectivity index (χ3n) is 5.45. The van der Waals surface area contributed by atoms with E-state index in [1.807, 2.05) is 0 Å². The van der Waals surface area contributed by atoms with Gasteiger partial charge in [0, 0.05) is 39.2 Å². The molecule has 0 radical (unpaired) electrons. The molecule has 2 aromatic carbocycles. The molecule has 1 saturated heterocycles. The molecule has 13 heteroatoms. The molecule has 1 aromatic heterocycles. The molecule has 0 unspecified atom stereocenters. The minimum atomic E-state index is -4.69. The van der Waals surface area contributed by atoms with Crippen LogP contribution in [0.15, 0.2) is 47.0 Å². The van der Waals surface area contributed by atoms with Crippen molar-refractivity contribution < 1.29 is 32.1 Å². The van der Waals surface area contributed by atoms with Crippen LogP contribution >= 0.6 is 0 Å². The van der Waals surface area contributed by atoms with Crippen LogP contribution in [0.1, 0.15) is 27.6 Å². The molecule has 1 aliphatic rings. The van der Waals surface area contributed by atoms with E-state index in [1.54, 1.807) is 41.0 Å². The van der Waals surface area contributed by atoms with Gasteiger partial charge in [0.15, 0.2) is 6.61 Å². The largest absolute Gasteiger partial charge is 0.485 e. The fraction of sp³-hybridized carbons (Fsp3) is 0.318. The van der Waals surface area contributed by atoms with Crippen LogP contribution in [0.25, 0.3) is 0 Å². The van der Waals surface area contributed by atoms with E-state index in [9.17, 15) is 28.1 Å². The molecule has 0 spiro atoms. The van der Waals surface area contributed by atoms with Crippen LogP contribution in [0, 0.1) is 17.0 Å². The lowest BCUT2D eigenvalue weighted by Crippen LogP contribution is -2.49. The Hall–Kier alpha value is -4.16. The van der Waals surface area contributed by atoms with Crippen molar-refractivity contribution in [3.8, 4) is 5.75 Å². The number of benzene rings is 2. The Bertz CT molecular complexity index is 1240. The average Bonchev–Trinajstić information content (AvgIpc) is 3.26. The Morgan fingerprint density at radius 3 is 2.51 bits per heavy atom. The van der Waals surface area contributed by atoms with Crippen molar-refractivity contribution in [3.05, 3.63) is 75.4 Å². The monoisotopic (exact) mass is 491 g/mol. The molecule has 1 amide bonds. The zero-order chi connectivity index (χ0) is 25.2. The molecule has 0 atom stereocenters. The first kappa shape index (κ1) is 24.0. The number of hydrogen-bond acceptors (Lipinski definition) is 8. The molecule has 0 N–H and O–H groups in total. The molecular weight excluding hydrogens is 471 g/mol. The number of rotatable bonds is 6. The Morgan fingerprint density at radius 1 is 1.17 bits per heavy atom. The highest BCUT2D eigenvalue weighted by Gasteiger charge is 2.34. The number of hydrogen-bond donors (Lipinski definition) is 0. The van der Waals surface area contributed by atoms with Crippen LogP contribution in [0.2, 0.25) is 0 Å². The zero-order valence-corrected chi connectivity index (χ0v) is 18.5. The second kappa shape index (κ2) is 9.60. The van der Waals surface area contributed by atoms with E-state index in [0.29, 0.717) is 29.1 Å². The number of halogens is 3. The van der Waals surface area contributed by atoms with Crippen molar-refractivity contribution in [2.45, 2.75) is 19.7 Å². The summed E-state index contributed by atoms with van der Waals surface area (Å²) in [6, 6.07) is 9.12. The van der Waals surface area contributed by atoms with Gasteiger partial charge in [0.05, 0.1) is 16.1 Å². The van der Waals surface area contributed by atoms with Crippen LogP contribution in [-0.2, 0) is 12.8 Å². The molecule has 184 valence electrons. The van der Waals surface area contributed by atoms with Gasteiger partial charge >= 0.3 is 6.18 Å². The smallest absolute Gasteiger partial charge is 0.416 e. The molecule has 1 fully saturated rings. The zero-order valence-electron chi connectivity index (χ0n) is 18.5. The highest BCUT2D eigenvalue weighted by molar-refractivity contribution is 5.97. The number of nitrogens with zero attached hydrogens (tertiary/aromatic N) is 5. The van der Waals surface area contributed by atoms with Crippen molar-refractivity contribution in [1.29, 1.82) is 0 Å². The second-order valence-corrected chi connectivity index (χ2v) is 7.75. The van der Waals surface area contributed by atoms with E-state index in [4.69, 9.17) is 9.26 Å². The highest BCUT2D eigenvalue weighted by atomic mass is 19.4. The van der Waals surface area contributed by atoms with Crippen molar-refractivity contribution in [2.24, 2.45) is 0 Å². The highest BCUT2D eigenvalue weighted by Crippen LogP contribution is 2.37. The Kier molecular flexibility index (Phi) is 6.58. The number of nitro benzene ring substituents is 1. The lowest BCUT2D eigenvalue weighted by atomic mass is 10.1. The van der Waals surface area contributed by atoms with E-state index in [-0.39, 0.29) is 44.4 Å². The normalized spacial score (nSPS) is 14.2. The van der Waals surface area contributed by atoms with Crippen LogP contribution in [-0.4, -0.2) is 52.1 Å². The van der Waals surface area contributed by atoms with E-state index in [1.165, 1.54) is 0 Å². The number of alkyl halides is 3. The molecule has 4 rings (SSSR count). The molecule has 3 aromatic rings. The first-order chi connectivity index (χ1) is 16.6. The lowest BCUT2D eigenvalue weighted by Gasteiger charge is -2.36. The topological polar surface area (TPSA) is 115 Å². The third-order valence-corrected chi connectivity index (χ3v) is 5.45. The molecule has 10 nitrogen and oxygen atoms in total. The summed E-state index contributed by atoms with van der Waals surface area (Å²) in [5.41, 5.74) is -1.32. The maximum atomic E-state index is 13.2. The van der Waals surface area contributed by atoms with Gasteiger partial charge in [-0.15, -0.1) is 0 Å². The summed E-state index contributed by atoms with van der Waals surface area (Å²) < 4.78 is 49.6. The average molecular weight is 491 g/mol. The molecule has 2 heterocycles. The van der Waals surface area contributed by atoms with Gasteiger partial charge in [0.25, 0.3) is 11.6 Å². The summed E-state index contributed by atoms with van der Waals surface area (Å²) in [6.45, 7) is 2.51. The number of carbonyl (C=O) groups is 1. The number of carbonyl (C=O) groups excluding carboxylic acids is 1. The van der Waals surface area contributed by atoms with Crippen molar-refractivity contribution in [2.75, 3.05) is 31.1 Å². The first-order valence-corrected chi connectivity index (χ1v) is 10.5. The number of para-hydroxylation sites is 1. The van der Waals surface area contributed by atoms with Crippen LogP contribution in [0.3, 0.4) is 0 Å². The predicted molar refractivity (Wildman–Crippen MR) is 116 cm³/mol. The van der Waals surface area contributed by atoms with Crippen molar-refractivity contribution in [1.82, 2.24) is 15.0 Å². The summed E-state index contributed by atoms with van der Waals surface area (Å²) in [6.07, 6.45) is -4.69. The number of ether oxygens (including phenoxy) is 1. The van der Waals surface area contributed by atoms with Gasteiger partial charge in [0.2, 0.25) is 11.7 Å². The number of aryl methyl sites for hydroxylation is 1. The lowest BCUT2D eigenvalue weighted by molar-refractivity contribution is -0.384. The number of amides is 1.